The van der Waals surface area contributed by atoms with E-state index in [1.54, 1.807) is 13.8 Å². The van der Waals surface area contributed by atoms with E-state index in [2.05, 4.69) is 4.90 Å². The molecule has 320 valence electrons. The zero-order valence-electron chi connectivity index (χ0n) is 33.6. The molecule has 19 heteroatoms. The van der Waals surface area contributed by atoms with Crippen LogP contribution in [0.15, 0.2) is 18.2 Å². The maximum atomic E-state index is 14.1. The molecule has 8 atom stereocenters. The van der Waals surface area contributed by atoms with Crippen LogP contribution in [-0.4, -0.2) is 170 Å². The number of Topliss-reactive ketones (excluding diaryl/α,β-unsaturated/α-hetero) is 1. The van der Waals surface area contributed by atoms with Gasteiger partial charge in [0, 0.05) is 82.8 Å². The fraction of sp³-hybridized carbons (Fsp3) is 0.575. The van der Waals surface area contributed by atoms with Crippen LogP contribution in [0.3, 0.4) is 0 Å². The van der Waals surface area contributed by atoms with Crippen molar-refractivity contribution in [2.45, 2.75) is 81.9 Å². The van der Waals surface area contributed by atoms with Crippen LogP contribution < -0.4 is 4.74 Å². The Morgan fingerprint density at radius 2 is 1.66 bits per heavy atom. The topological polar surface area (TPSA) is 230 Å². The normalized spacial score (nSPS) is 28.4. The van der Waals surface area contributed by atoms with E-state index in [1.807, 2.05) is 0 Å². The number of morpholine rings is 1. The summed E-state index contributed by atoms with van der Waals surface area (Å²) >= 11 is 0. The molecule has 59 heavy (non-hydrogen) atoms. The first-order valence-electron chi connectivity index (χ1n) is 19.4. The third kappa shape index (κ3) is 7.49. The van der Waals surface area contributed by atoms with Crippen molar-refractivity contribution in [2.75, 3.05) is 67.8 Å². The molecule has 2 aromatic carbocycles. The second-order valence-corrected chi connectivity index (χ2v) is 15.2. The number of aliphatic hydroxyl groups is 1. The SMILES string of the molecule is CCOC(=O)N(C)CCN(C)C(=O)OCC(=O)[C@]1(O)Cc2c(O)c3c(c(O)c2[C@@H](O[C@H]2C[C@H]4[C@H](O[C@@H]5[C@@H](OC)OCCN54)[C@H](C)O2)C1)C(=O)c1c(OC)cccc1C3=O. The second-order valence-electron chi connectivity index (χ2n) is 15.2. The summed E-state index contributed by atoms with van der Waals surface area (Å²) in [6.45, 7) is 3.77. The van der Waals surface area contributed by atoms with Gasteiger partial charge in [-0.3, -0.25) is 19.3 Å². The molecule has 2 amide bonds. The van der Waals surface area contributed by atoms with Crippen LogP contribution in [0.5, 0.6) is 17.2 Å². The van der Waals surface area contributed by atoms with Gasteiger partial charge in [-0.15, -0.1) is 0 Å². The number of rotatable bonds is 11. The van der Waals surface area contributed by atoms with E-state index in [9.17, 15) is 39.3 Å². The summed E-state index contributed by atoms with van der Waals surface area (Å²) in [6, 6.07) is 4.14. The molecule has 3 saturated heterocycles. The largest absolute Gasteiger partial charge is 0.507 e. The number of ketones is 3. The Morgan fingerprint density at radius 3 is 2.34 bits per heavy atom. The van der Waals surface area contributed by atoms with Crippen molar-refractivity contribution < 1.29 is 77.2 Å². The lowest BCUT2D eigenvalue weighted by Crippen LogP contribution is -2.55. The average Bonchev–Trinajstić information content (AvgIpc) is 3.61. The van der Waals surface area contributed by atoms with E-state index in [0.29, 0.717) is 13.2 Å². The van der Waals surface area contributed by atoms with Crippen LogP contribution >= 0.6 is 0 Å². The Hall–Kier alpha value is -4.89. The van der Waals surface area contributed by atoms with Crippen molar-refractivity contribution >= 4 is 29.5 Å². The van der Waals surface area contributed by atoms with Gasteiger partial charge in [0.2, 0.25) is 11.6 Å². The van der Waals surface area contributed by atoms with E-state index in [0.717, 1.165) is 4.90 Å². The number of aromatic hydroxyl groups is 2. The van der Waals surface area contributed by atoms with Gasteiger partial charge in [-0.2, -0.15) is 0 Å². The maximum Gasteiger partial charge on any atom is 0.409 e. The van der Waals surface area contributed by atoms with Gasteiger partial charge in [-0.1, -0.05) is 12.1 Å². The number of fused-ring (bicyclic) bond motifs is 6. The van der Waals surface area contributed by atoms with Crippen molar-refractivity contribution in [3.63, 3.8) is 0 Å². The number of phenols is 2. The molecule has 0 aromatic heterocycles. The lowest BCUT2D eigenvalue weighted by molar-refractivity contribution is -0.256. The number of carbonyl (C=O) groups is 5. The number of amides is 2. The van der Waals surface area contributed by atoms with E-state index < -0.39 is 114 Å². The van der Waals surface area contributed by atoms with Crippen LogP contribution in [0.2, 0.25) is 0 Å². The van der Waals surface area contributed by atoms with Gasteiger partial charge in [-0.25, -0.2) is 9.59 Å². The van der Waals surface area contributed by atoms with Gasteiger partial charge in [0.25, 0.3) is 0 Å². The molecular formula is C40H49N3O16. The van der Waals surface area contributed by atoms with Gasteiger partial charge >= 0.3 is 12.2 Å². The van der Waals surface area contributed by atoms with Crippen molar-refractivity contribution in [1.29, 1.82) is 0 Å². The molecular weight excluding hydrogens is 778 g/mol. The van der Waals surface area contributed by atoms with E-state index in [4.69, 9.17) is 37.9 Å². The lowest BCUT2D eigenvalue weighted by atomic mass is 9.72. The molecule has 2 aromatic rings. The molecule has 0 saturated carbocycles. The number of ether oxygens (including phenoxy) is 8. The molecule has 0 unspecified atom stereocenters. The van der Waals surface area contributed by atoms with E-state index >= 15 is 0 Å². The highest BCUT2D eigenvalue weighted by Crippen LogP contribution is 2.53. The zero-order valence-corrected chi connectivity index (χ0v) is 33.6. The minimum absolute atomic E-state index is 0.0277. The first-order valence-corrected chi connectivity index (χ1v) is 19.4. The first-order chi connectivity index (χ1) is 28.1. The van der Waals surface area contributed by atoms with Crippen molar-refractivity contribution in [3.05, 3.63) is 51.6 Å². The highest BCUT2D eigenvalue weighted by molar-refractivity contribution is 6.31. The lowest BCUT2D eigenvalue weighted by Gasteiger charge is -2.43. The molecule has 3 N–H and O–H groups in total. The fourth-order valence-electron chi connectivity index (χ4n) is 8.63. The van der Waals surface area contributed by atoms with E-state index in [1.165, 1.54) is 51.4 Å². The molecule has 7 rings (SSSR count). The van der Waals surface area contributed by atoms with Crippen molar-refractivity contribution in [2.24, 2.45) is 0 Å². The Balaban J connectivity index is 1.19. The number of benzene rings is 2. The van der Waals surface area contributed by atoms with Crippen LogP contribution in [0.4, 0.5) is 9.59 Å². The maximum absolute atomic E-state index is 14.1. The second kappa shape index (κ2) is 16.6. The summed E-state index contributed by atoms with van der Waals surface area (Å²) in [5, 5.41) is 36.1. The molecule has 2 aliphatic carbocycles. The Kier molecular flexibility index (Phi) is 11.9. The number of hydrogen-bond donors (Lipinski definition) is 3. The van der Waals surface area contributed by atoms with Crippen LogP contribution in [-0.2, 0) is 44.4 Å². The molecule has 3 heterocycles. The molecule has 3 aliphatic heterocycles. The number of phenolic OH excluding ortho intramolecular Hbond substituents is 2. The summed E-state index contributed by atoms with van der Waals surface area (Å²) in [5.41, 5.74) is -3.90. The highest BCUT2D eigenvalue weighted by Gasteiger charge is 2.55. The van der Waals surface area contributed by atoms with Gasteiger partial charge in [0.05, 0.1) is 49.2 Å². The Morgan fingerprint density at radius 1 is 0.966 bits per heavy atom. The van der Waals surface area contributed by atoms with Gasteiger partial charge in [-0.05, 0) is 19.9 Å². The number of methoxy groups -OCH3 is 2. The van der Waals surface area contributed by atoms with Gasteiger partial charge < -0.3 is 63.0 Å². The third-order valence-corrected chi connectivity index (χ3v) is 11.7. The number of nitrogens with zero attached hydrogens (tertiary/aromatic N) is 3. The van der Waals surface area contributed by atoms with Crippen LogP contribution in [0, 0.1) is 0 Å². The highest BCUT2D eigenvalue weighted by atomic mass is 16.7. The van der Waals surface area contributed by atoms with Crippen LogP contribution in [0.1, 0.15) is 75.8 Å². The molecule has 0 radical (unpaired) electrons. The first kappa shape index (κ1) is 42.2. The standard InChI is InChI=1S/C40H49N3O16/c1-7-54-38(49)41(3)11-12-42(4)39(50)56-18-25(44)40(51)16-21-28(34(48)30-29(32(21)46)31(45)20-9-8-10-23(52-5)27(20)33(30)47)24(17-40)58-26-15-22-35(19(2)57-26)59-36-37(53-6)55-14-13-43(22)36/h8-10,19,22,24,26,35-37,46,48,51H,7,11-18H2,1-6H3/t19-,22-,24-,26-,35+,36+,37-,40-/m0/s1. The predicted molar refractivity (Wildman–Crippen MR) is 200 cm³/mol. The average molecular weight is 828 g/mol. The minimum Gasteiger partial charge on any atom is -0.507 e. The molecule has 5 aliphatic rings. The summed E-state index contributed by atoms with van der Waals surface area (Å²) in [4.78, 5) is 71.5. The zero-order chi connectivity index (χ0) is 42.5. The number of carbonyl (C=O) groups excluding carboxylic acids is 5. The summed E-state index contributed by atoms with van der Waals surface area (Å²) in [6.07, 6.45) is -6.97. The summed E-state index contributed by atoms with van der Waals surface area (Å²) < 4.78 is 46.0. The number of hydrogen-bond acceptors (Lipinski definition) is 17. The minimum atomic E-state index is -2.39. The molecule has 0 spiro atoms. The van der Waals surface area contributed by atoms with Gasteiger partial charge in [0.15, 0.2) is 31.2 Å². The van der Waals surface area contributed by atoms with Gasteiger partial charge in [0.1, 0.15) is 29.0 Å². The summed E-state index contributed by atoms with van der Waals surface area (Å²) in [7, 11) is 5.74. The molecule has 19 nitrogen and oxygen atoms in total. The van der Waals surface area contributed by atoms with Crippen molar-refractivity contribution in [3.8, 4) is 17.2 Å². The summed E-state index contributed by atoms with van der Waals surface area (Å²) in [5.74, 6) is -3.88. The molecule has 0 bridgehead atoms. The predicted octanol–water partition coefficient (Wildman–Crippen LogP) is 1.88. The monoisotopic (exact) mass is 827 g/mol. The quantitative estimate of drug-likeness (QED) is 0.234. The smallest absolute Gasteiger partial charge is 0.409 e. The third-order valence-electron chi connectivity index (χ3n) is 11.7. The van der Waals surface area contributed by atoms with Crippen molar-refractivity contribution in [1.82, 2.24) is 14.7 Å². The Labute approximate surface area is 339 Å². The van der Waals surface area contributed by atoms with E-state index in [-0.39, 0.29) is 60.2 Å². The number of likely N-dealkylation sites (N-methyl/N-ethyl adjacent to an activating group) is 2. The fourth-order valence-corrected chi connectivity index (χ4v) is 8.63. The van der Waals surface area contributed by atoms with Crippen LogP contribution in [0.25, 0.3) is 0 Å². The Bertz CT molecular complexity index is 2030. The molecule has 3 fully saturated rings.